The van der Waals surface area contributed by atoms with Gasteiger partial charge < -0.3 is 21.3 Å². The first-order valence-corrected chi connectivity index (χ1v) is 3.86. The predicted octanol–water partition coefficient (Wildman–Crippen LogP) is -2.13. The van der Waals surface area contributed by atoms with E-state index in [2.05, 4.69) is 0 Å². The summed E-state index contributed by atoms with van der Waals surface area (Å²) in [5.41, 5.74) is 8.13. The van der Waals surface area contributed by atoms with Gasteiger partial charge in [0.15, 0.2) is 0 Å². The Labute approximate surface area is 74.8 Å². The molecule has 0 bridgehead atoms. The molecule has 0 aromatic heterocycles. The van der Waals surface area contributed by atoms with Gasteiger partial charge in [-0.15, -0.1) is 0 Å². The fourth-order valence-electron chi connectivity index (χ4n) is 1.34. The molecule has 74 valence electrons. The Kier molecular flexibility index (Phi) is 2.27. The molecule has 6 nitrogen and oxygen atoms in total. The highest BCUT2D eigenvalue weighted by atomic mass is 16.5. The molecule has 5 N–H and O–H groups in total. The number of hydrogen-bond acceptors (Lipinski definition) is 4. The first kappa shape index (κ1) is 9.94. The number of hydrogen-bond donors (Lipinski definition) is 3. The number of ether oxygens (including phenoxy) is 1. The van der Waals surface area contributed by atoms with Crippen molar-refractivity contribution >= 4 is 11.8 Å². The van der Waals surface area contributed by atoms with E-state index in [0.29, 0.717) is 0 Å². The van der Waals surface area contributed by atoms with E-state index in [-0.39, 0.29) is 6.42 Å². The average molecular weight is 188 g/mol. The monoisotopic (exact) mass is 188 g/mol. The van der Waals surface area contributed by atoms with Gasteiger partial charge in [-0.25, -0.2) is 0 Å². The van der Waals surface area contributed by atoms with Gasteiger partial charge in [0.1, 0.15) is 0 Å². The lowest BCUT2D eigenvalue weighted by atomic mass is 9.97. The number of carbonyl (C=O) groups excluding carboxylic acids is 2. The Morgan fingerprint density at radius 2 is 1.92 bits per heavy atom. The van der Waals surface area contributed by atoms with Gasteiger partial charge >= 0.3 is 0 Å². The van der Waals surface area contributed by atoms with Crippen LogP contribution in [0.3, 0.4) is 0 Å². The third-order valence-corrected chi connectivity index (χ3v) is 2.22. The molecule has 1 rings (SSSR count). The Bertz CT molecular complexity index is 227. The second kappa shape index (κ2) is 2.97. The third-order valence-electron chi connectivity index (χ3n) is 2.22. The van der Waals surface area contributed by atoms with Gasteiger partial charge in [-0.1, -0.05) is 0 Å². The quantitative estimate of drug-likeness (QED) is 0.429. The fraction of sp³-hybridized carbons (Fsp3) is 0.714. The molecule has 0 saturated carbocycles. The van der Waals surface area contributed by atoms with E-state index in [1.807, 2.05) is 0 Å². The van der Waals surface area contributed by atoms with Crippen LogP contribution in [0.1, 0.15) is 13.3 Å². The number of rotatable bonds is 2. The van der Waals surface area contributed by atoms with Crippen LogP contribution >= 0.6 is 0 Å². The second-order valence-corrected chi connectivity index (χ2v) is 3.15. The van der Waals surface area contributed by atoms with Crippen molar-refractivity contribution in [3.05, 3.63) is 0 Å². The number of carbonyl (C=O) groups is 2. The van der Waals surface area contributed by atoms with Gasteiger partial charge in [0.05, 0.1) is 12.2 Å². The molecule has 1 aliphatic rings. The third kappa shape index (κ3) is 1.38. The lowest BCUT2D eigenvalue weighted by molar-refractivity contribution is -0.154. The van der Waals surface area contributed by atoms with Gasteiger partial charge in [0, 0.05) is 6.42 Å². The highest BCUT2D eigenvalue weighted by Crippen LogP contribution is 2.30. The van der Waals surface area contributed by atoms with E-state index in [4.69, 9.17) is 16.2 Å². The van der Waals surface area contributed by atoms with Crippen LogP contribution in [-0.2, 0) is 14.3 Å². The number of amides is 2. The van der Waals surface area contributed by atoms with Crippen LogP contribution in [0.2, 0.25) is 0 Å². The van der Waals surface area contributed by atoms with Gasteiger partial charge in [-0.05, 0) is 6.92 Å². The minimum absolute atomic E-state index is 0.168. The lowest BCUT2D eigenvalue weighted by Gasteiger charge is -2.20. The van der Waals surface area contributed by atoms with Crippen LogP contribution in [-0.4, -0.2) is 34.7 Å². The lowest BCUT2D eigenvalue weighted by Crippen LogP contribution is -2.54. The summed E-state index contributed by atoms with van der Waals surface area (Å²) in [7, 11) is 0. The van der Waals surface area contributed by atoms with Crippen molar-refractivity contribution < 1.29 is 19.4 Å². The van der Waals surface area contributed by atoms with Crippen molar-refractivity contribution in [1.82, 2.24) is 0 Å². The Balaban J connectivity index is 2.96. The molecule has 0 aromatic rings. The summed E-state index contributed by atoms with van der Waals surface area (Å²) in [6, 6.07) is 0. The van der Waals surface area contributed by atoms with Crippen LogP contribution < -0.4 is 11.5 Å². The summed E-state index contributed by atoms with van der Waals surface area (Å²) in [6.07, 6.45) is -1.67. The van der Waals surface area contributed by atoms with Crippen molar-refractivity contribution in [2.75, 3.05) is 0 Å². The molecule has 1 heterocycles. The van der Waals surface area contributed by atoms with Gasteiger partial charge in [0.25, 0.3) is 11.8 Å². The number of aliphatic hydroxyl groups excluding tert-OH is 1. The van der Waals surface area contributed by atoms with Crippen LogP contribution in [0.4, 0.5) is 0 Å². The van der Waals surface area contributed by atoms with Crippen LogP contribution in [0.5, 0.6) is 0 Å². The minimum atomic E-state index is -1.83. The first-order chi connectivity index (χ1) is 5.90. The molecule has 2 atom stereocenters. The minimum Gasteiger partial charge on any atom is -0.390 e. The van der Waals surface area contributed by atoms with E-state index >= 15 is 0 Å². The maximum atomic E-state index is 10.9. The largest absolute Gasteiger partial charge is 0.390 e. The second-order valence-electron chi connectivity index (χ2n) is 3.15. The zero-order valence-corrected chi connectivity index (χ0v) is 7.19. The highest BCUT2D eigenvalue weighted by Gasteiger charge is 2.53. The summed E-state index contributed by atoms with van der Waals surface area (Å²) in [4.78, 5) is 21.9. The molecular formula is C7H12N2O4. The molecule has 1 saturated heterocycles. The molecule has 2 unspecified atom stereocenters. The molecule has 2 amide bonds. The van der Waals surface area contributed by atoms with Crippen molar-refractivity contribution in [2.45, 2.75) is 31.2 Å². The number of nitrogens with two attached hydrogens (primary N) is 2. The van der Waals surface area contributed by atoms with E-state index < -0.39 is 29.6 Å². The normalized spacial score (nSPS) is 31.5. The smallest absolute Gasteiger partial charge is 0.259 e. The summed E-state index contributed by atoms with van der Waals surface area (Å²) < 4.78 is 4.98. The molecule has 6 heteroatoms. The van der Waals surface area contributed by atoms with Crippen LogP contribution in [0, 0.1) is 0 Å². The zero-order chi connectivity index (χ0) is 10.2. The number of aliphatic hydroxyl groups is 1. The average Bonchev–Trinajstić information content (AvgIpc) is 2.29. The topological polar surface area (TPSA) is 116 Å². The van der Waals surface area contributed by atoms with Crippen molar-refractivity contribution in [2.24, 2.45) is 11.5 Å². The summed E-state index contributed by atoms with van der Waals surface area (Å²) >= 11 is 0. The van der Waals surface area contributed by atoms with Gasteiger partial charge in [0.2, 0.25) is 5.60 Å². The zero-order valence-electron chi connectivity index (χ0n) is 7.19. The van der Waals surface area contributed by atoms with E-state index in [9.17, 15) is 14.7 Å². The van der Waals surface area contributed by atoms with E-state index in [1.54, 1.807) is 0 Å². The maximum Gasteiger partial charge on any atom is 0.259 e. The highest BCUT2D eigenvalue weighted by molar-refractivity contribution is 6.07. The van der Waals surface area contributed by atoms with E-state index in [1.165, 1.54) is 6.92 Å². The van der Waals surface area contributed by atoms with Crippen molar-refractivity contribution in [3.63, 3.8) is 0 Å². The summed E-state index contributed by atoms with van der Waals surface area (Å²) in [5, 5.41) is 9.29. The standard InChI is InChI=1S/C7H12N2O4/c1-3-4(10)2-7(13-3,5(8)11)6(9)12/h3-4,10H,2H2,1H3,(H2,8,11)(H2,9,12). The molecule has 0 aromatic carbocycles. The van der Waals surface area contributed by atoms with Crippen molar-refractivity contribution in [3.8, 4) is 0 Å². The van der Waals surface area contributed by atoms with Crippen LogP contribution in [0.15, 0.2) is 0 Å². The predicted molar refractivity (Wildman–Crippen MR) is 42.3 cm³/mol. The summed E-state index contributed by atoms with van der Waals surface area (Å²) in [6.45, 7) is 1.54. The van der Waals surface area contributed by atoms with Crippen LogP contribution in [0.25, 0.3) is 0 Å². The SMILES string of the molecule is CC1OC(C(N)=O)(C(N)=O)CC1O. The van der Waals surface area contributed by atoms with Crippen molar-refractivity contribution in [1.29, 1.82) is 0 Å². The molecule has 0 aliphatic carbocycles. The molecule has 13 heavy (non-hydrogen) atoms. The Hall–Kier alpha value is -1.14. The number of primary amides is 2. The molecule has 1 fully saturated rings. The van der Waals surface area contributed by atoms with Gasteiger partial charge in [-0.3, -0.25) is 9.59 Å². The maximum absolute atomic E-state index is 10.9. The molecular weight excluding hydrogens is 176 g/mol. The van der Waals surface area contributed by atoms with E-state index in [0.717, 1.165) is 0 Å². The van der Waals surface area contributed by atoms with Gasteiger partial charge in [-0.2, -0.15) is 0 Å². The molecule has 0 radical (unpaired) electrons. The summed E-state index contributed by atoms with van der Waals surface area (Å²) in [5.74, 6) is -1.91. The first-order valence-electron chi connectivity index (χ1n) is 3.86. The fourth-order valence-corrected chi connectivity index (χ4v) is 1.34. The Morgan fingerprint density at radius 3 is 2.08 bits per heavy atom. The Morgan fingerprint density at radius 1 is 1.46 bits per heavy atom. The molecule has 0 spiro atoms. The molecule has 1 aliphatic heterocycles.